The molecule has 1 amide bonds. The van der Waals surface area contributed by atoms with Crippen LogP contribution >= 0.6 is 0 Å². The van der Waals surface area contributed by atoms with E-state index in [0.29, 0.717) is 0 Å². The maximum absolute atomic E-state index is 11.4. The maximum Gasteiger partial charge on any atom is 0.262 e. The van der Waals surface area contributed by atoms with E-state index < -0.39 is 0 Å². The van der Waals surface area contributed by atoms with E-state index in [1.54, 1.807) is 6.08 Å². The van der Waals surface area contributed by atoms with Crippen molar-refractivity contribution in [2.75, 3.05) is 5.43 Å². The van der Waals surface area contributed by atoms with Gasteiger partial charge in [0.2, 0.25) is 0 Å². The number of aromatic nitrogens is 3. The summed E-state index contributed by atoms with van der Waals surface area (Å²) in [4.78, 5) is 11.4. The van der Waals surface area contributed by atoms with Crippen molar-refractivity contribution >= 4 is 12.0 Å². The van der Waals surface area contributed by atoms with E-state index in [1.165, 1.54) is 23.4 Å². The molecule has 0 atom stereocenters. The number of carbonyl (C=O) groups excluding carboxylic acids is 1. The van der Waals surface area contributed by atoms with Crippen LogP contribution in [0.3, 0.4) is 0 Å². The molecule has 1 heterocycles. The second-order valence-corrected chi connectivity index (χ2v) is 3.09. The molecule has 2 aromatic rings. The Balaban J connectivity index is 1.95. The summed E-state index contributed by atoms with van der Waals surface area (Å²) in [5.74, 6) is -0.233. The lowest BCUT2D eigenvalue weighted by Gasteiger charge is -1.99. The van der Waals surface area contributed by atoms with Crippen molar-refractivity contribution in [1.29, 1.82) is 0 Å². The van der Waals surface area contributed by atoms with Crippen molar-refractivity contribution in [1.82, 2.24) is 14.9 Å². The molecule has 1 N–H and O–H groups in total. The van der Waals surface area contributed by atoms with Gasteiger partial charge in [0.1, 0.15) is 12.7 Å². The molecule has 5 nitrogen and oxygen atoms in total. The summed E-state index contributed by atoms with van der Waals surface area (Å²) in [5.41, 5.74) is 3.53. The lowest BCUT2D eigenvalue weighted by Crippen LogP contribution is -2.18. The van der Waals surface area contributed by atoms with E-state index in [0.717, 1.165) is 5.56 Å². The molecule has 0 aliphatic carbocycles. The van der Waals surface area contributed by atoms with Crippen LogP contribution in [-0.2, 0) is 4.79 Å². The van der Waals surface area contributed by atoms with Crippen LogP contribution in [0.15, 0.2) is 49.1 Å². The summed E-state index contributed by atoms with van der Waals surface area (Å²) in [6.45, 7) is 0. The molecule has 0 aliphatic heterocycles. The third kappa shape index (κ3) is 2.78. The third-order valence-electron chi connectivity index (χ3n) is 1.88. The molecular formula is C11H10N4O. The Kier molecular flexibility index (Phi) is 3.08. The minimum Gasteiger partial charge on any atom is -0.268 e. The Morgan fingerprint density at radius 3 is 2.56 bits per heavy atom. The Morgan fingerprint density at radius 1 is 1.19 bits per heavy atom. The minimum atomic E-state index is -0.233. The van der Waals surface area contributed by atoms with E-state index in [-0.39, 0.29) is 5.91 Å². The summed E-state index contributed by atoms with van der Waals surface area (Å²) in [6.07, 6.45) is 6.01. The number of nitrogens with one attached hydrogen (secondary N) is 1. The fourth-order valence-corrected chi connectivity index (χ4v) is 1.16. The largest absolute Gasteiger partial charge is 0.268 e. The van der Waals surface area contributed by atoms with Gasteiger partial charge in [0.05, 0.1) is 0 Å². The molecule has 16 heavy (non-hydrogen) atoms. The molecule has 0 spiro atoms. The highest BCUT2D eigenvalue weighted by atomic mass is 16.2. The second-order valence-electron chi connectivity index (χ2n) is 3.09. The predicted molar refractivity (Wildman–Crippen MR) is 59.9 cm³/mol. The summed E-state index contributed by atoms with van der Waals surface area (Å²) in [5, 5.41) is 7.14. The van der Waals surface area contributed by atoms with Crippen LogP contribution in [0.4, 0.5) is 0 Å². The number of benzene rings is 1. The average Bonchev–Trinajstić information content (AvgIpc) is 2.81. The van der Waals surface area contributed by atoms with Crippen LogP contribution in [0, 0.1) is 0 Å². The van der Waals surface area contributed by atoms with E-state index in [9.17, 15) is 4.79 Å². The lowest BCUT2D eigenvalue weighted by atomic mass is 10.2. The van der Waals surface area contributed by atoms with Gasteiger partial charge in [-0.1, -0.05) is 30.3 Å². The zero-order valence-electron chi connectivity index (χ0n) is 8.45. The van der Waals surface area contributed by atoms with Crippen molar-refractivity contribution in [3.8, 4) is 0 Å². The number of amides is 1. The van der Waals surface area contributed by atoms with Gasteiger partial charge in [-0.05, 0) is 11.6 Å². The number of hydrogen-bond acceptors (Lipinski definition) is 3. The highest BCUT2D eigenvalue weighted by Crippen LogP contribution is 2.00. The molecule has 80 valence electrons. The van der Waals surface area contributed by atoms with E-state index in [1.807, 2.05) is 30.3 Å². The van der Waals surface area contributed by atoms with Gasteiger partial charge in [0.25, 0.3) is 5.91 Å². The average molecular weight is 214 g/mol. The van der Waals surface area contributed by atoms with Crippen molar-refractivity contribution in [3.63, 3.8) is 0 Å². The molecule has 0 radical (unpaired) electrons. The second kappa shape index (κ2) is 4.88. The van der Waals surface area contributed by atoms with E-state index in [2.05, 4.69) is 15.6 Å². The SMILES string of the molecule is O=C(C=Cc1ccccc1)Nn1cnnc1. The quantitative estimate of drug-likeness (QED) is 0.777. The minimum absolute atomic E-state index is 0.233. The van der Waals surface area contributed by atoms with E-state index >= 15 is 0 Å². The lowest BCUT2D eigenvalue weighted by molar-refractivity contribution is -0.112. The Labute approximate surface area is 92.4 Å². The Hall–Kier alpha value is -2.43. The standard InChI is InChI=1S/C11H10N4O/c16-11(14-15-8-12-13-9-15)7-6-10-4-2-1-3-5-10/h1-9H,(H,14,16). The van der Waals surface area contributed by atoms with Crippen molar-refractivity contribution in [2.45, 2.75) is 0 Å². The monoisotopic (exact) mass is 214 g/mol. The van der Waals surface area contributed by atoms with Crippen molar-refractivity contribution in [3.05, 3.63) is 54.6 Å². The maximum atomic E-state index is 11.4. The highest BCUT2D eigenvalue weighted by molar-refractivity contribution is 5.97. The smallest absolute Gasteiger partial charge is 0.262 e. The Morgan fingerprint density at radius 2 is 1.88 bits per heavy atom. The molecule has 0 saturated heterocycles. The fraction of sp³-hybridized carbons (Fsp3) is 0. The van der Waals surface area contributed by atoms with Crippen molar-refractivity contribution in [2.24, 2.45) is 0 Å². The van der Waals surface area contributed by atoms with Gasteiger partial charge in [-0.3, -0.25) is 10.2 Å². The summed E-state index contributed by atoms with van der Waals surface area (Å²) >= 11 is 0. The van der Waals surface area contributed by atoms with Gasteiger partial charge in [-0.15, -0.1) is 10.2 Å². The van der Waals surface area contributed by atoms with Gasteiger partial charge in [0.15, 0.2) is 0 Å². The van der Waals surface area contributed by atoms with Gasteiger partial charge in [-0.25, -0.2) is 4.68 Å². The van der Waals surface area contributed by atoms with E-state index in [4.69, 9.17) is 0 Å². The zero-order valence-corrected chi connectivity index (χ0v) is 8.45. The van der Waals surface area contributed by atoms with Gasteiger partial charge < -0.3 is 0 Å². The molecule has 0 fully saturated rings. The summed E-state index contributed by atoms with van der Waals surface area (Å²) < 4.78 is 1.39. The first-order valence-electron chi connectivity index (χ1n) is 4.73. The first-order valence-corrected chi connectivity index (χ1v) is 4.73. The molecule has 2 rings (SSSR count). The number of hydrogen-bond donors (Lipinski definition) is 1. The van der Waals surface area contributed by atoms with Crippen LogP contribution in [0.5, 0.6) is 0 Å². The number of carbonyl (C=O) groups is 1. The summed E-state index contributed by atoms with van der Waals surface area (Å²) in [7, 11) is 0. The molecule has 5 heteroatoms. The van der Waals surface area contributed by atoms with Gasteiger partial charge in [0, 0.05) is 6.08 Å². The molecular weight excluding hydrogens is 204 g/mol. The molecule has 1 aromatic heterocycles. The Bertz CT molecular complexity index is 476. The summed E-state index contributed by atoms with van der Waals surface area (Å²) in [6, 6.07) is 9.59. The van der Waals surface area contributed by atoms with Crippen LogP contribution in [0.25, 0.3) is 6.08 Å². The molecule has 1 aromatic carbocycles. The van der Waals surface area contributed by atoms with Gasteiger partial charge in [-0.2, -0.15) is 0 Å². The van der Waals surface area contributed by atoms with Crippen LogP contribution in [0.1, 0.15) is 5.56 Å². The first-order chi connectivity index (χ1) is 7.84. The number of rotatable bonds is 3. The third-order valence-corrected chi connectivity index (χ3v) is 1.88. The molecule has 0 aliphatic rings. The molecule has 0 unspecified atom stereocenters. The van der Waals surface area contributed by atoms with Crippen LogP contribution in [0.2, 0.25) is 0 Å². The topological polar surface area (TPSA) is 59.8 Å². The molecule has 0 saturated carbocycles. The van der Waals surface area contributed by atoms with Crippen molar-refractivity contribution < 1.29 is 4.79 Å². The van der Waals surface area contributed by atoms with Gasteiger partial charge >= 0.3 is 0 Å². The first kappa shape index (κ1) is 10.1. The highest BCUT2D eigenvalue weighted by Gasteiger charge is 1.95. The molecule has 0 bridgehead atoms. The van der Waals surface area contributed by atoms with Crippen LogP contribution < -0.4 is 5.43 Å². The zero-order chi connectivity index (χ0) is 11.2. The fourth-order valence-electron chi connectivity index (χ4n) is 1.16. The van der Waals surface area contributed by atoms with Crippen LogP contribution in [-0.4, -0.2) is 20.8 Å². The normalized spacial score (nSPS) is 10.5. The predicted octanol–water partition coefficient (Wildman–Crippen LogP) is 1.06. The number of nitrogens with zero attached hydrogens (tertiary/aromatic N) is 3.